The van der Waals surface area contributed by atoms with Gasteiger partial charge >= 0.3 is 0 Å². The molecule has 0 aliphatic carbocycles. The molecular weight excluding hydrogens is 194 g/mol. The van der Waals surface area contributed by atoms with Crippen LogP contribution in [-0.2, 0) is 0 Å². The molecular formula is C10H13N3S. The number of nitrogens with one attached hydrogen (secondary N) is 1. The summed E-state index contributed by atoms with van der Waals surface area (Å²) in [6.07, 6.45) is 1.80. The molecule has 0 saturated heterocycles. The summed E-state index contributed by atoms with van der Waals surface area (Å²) < 4.78 is 0. The molecule has 74 valence electrons. The minimum absolute atomic E-state index is 0.592. The van der Waals surface area contributed by atoms with E-state index >= 15 is 0 Å². The summed E-state index contributed by atoms with van der Waals surface area (Å²) in [5.41, 5.74) is 2.06. The van der Waals surface area contributed by atoms with Crippen molar-refractivity contribution in [2.24, 2.45) is 4.99 Å². The van der Waals surface area contributed by atoms with Crippen molar-refractivity contribution in [3.63, 3.8) is 0 Å². The molecule has 3 nitrogen and oxygen atoms in total. The van der Waals surface area contributed by atoms with Gasteiger partial charge in [-0.25, -0.2) is 0 Å². The number of aryl methyl sites for hydroxylation is 1. The first kappa shape index (κ1) is 9.52. The highest BCUT2D eigenvalue weighted by Gasteiger charge is 2.15. The van der Waals surface area contributed by atoms with Crippen LogP contribution in [0.1, 0.15) is 12.6 Å². The van der Waals surface area contributed by atoms with Crippen LogP contribution in [0.5, 0.6) is 0 Å². The van der Waals surface area contributed by atoms with Crippen LogP contribution in [0.3, 0.4) is 0 Å². The van der Waals surface area contributed by atoms with Crippen LogP contribution >= 0.6 is 11.8 Å². The normalized spacial score (nSPS) is 20.7. The van der Waals surface area contributed by atoms with Crippen molar-refractivity contribution in [2.75, 3.05) is 11.9 Å². The average Bonchev–Trinajstić information content (AvgIpc) is 2.56. The fourth-order valence-electron chi connectivity index (χ4n) is 1.28. The third kappa shape index (κ3) is 2.07. The zero-order chi connectivity index (χ0) is 9.97. The van der Waals surface area contributed by atoms with Gasteiger partial charge < -0.3 is 5.32 Å². The lowest BCUT2D eigenvalue weighted by molar-refractivity contribution is 0.976. The number of rotatable bonds is 1. The quantitative estimate of drug-likeness (QED) is 0.767. The van der Waals surface area contributed by atoms with Crippen LogP contribution < -0.4 is 5.32 Å². The second-order valence-corrected chi connectivity index (χ2v) is 4.76. The number of aromatic nitrogens is 1. The molecule has 0 radical (unpaired) electrons. The van der Waals surface area contributed by atoms with E-state index in [1.165, 1.54) is 0 Å². The molecule has 1 atom stereocenters. The fraction of sp³-hybridized carbons (Fsp3) is 0.400. The molecule has 0 spiro atoms. The van der Waals surface area contributed by atoms with Gasteiger partial charge in [-0.15, -0.1) is 0 Å². The Morgan fingerprint density at radius 2 is 2.43 bits per heavy atom. The van der Waals surface area contributed by atoms with Crippen molar-refractivity contribution in [3.05, 3.63) is 24.0 Å². The van der Waals surface area contributed by atoms with E-state index in [1.807, 2.05) is 19.1 Å². The Balaban J connectivity index is 2.08. The number of thioether (sulfide) groups is 1. The molecule has 0 aromatic carbocycles. The van der Waals surface area contributed by atoms with E-state index in [4.69, 9.17) is 0 Å². The van der Waals surface area contributed by atoms with Gasteiger partial charge in [0.15, 0.2) is 5.17 Å². The van der Waals surface area contributed by atoms with Crippen LogP contribution in [-0.4, -0.2) is 21.9 Å². The minimum atomic E-state index is 0.592. The van der Waals surface area contributed by atoms with Crippen molar-refractivity contribution >= 4 is 22.6 Å². The van der Waals surface area contributed by atoms with Crippen molar-refractivity contribution in [2.45, 2.75) is 19.1 Å². The van der Waals surface area contributed by atoms with E-state index in [0.29, 0.717) is 5.25 Å². The van der Waals surface area contributed by atoms with Crippen LogP contribution in [0.25, 0.3) is 0 Å². The van der Waals surface area contributed by atoms with E-state index in [2.05, 4.69) is 22.2 Å². The maximum absolute atomic E-state index is 4.39. The summed E-state index contributed by atoms with van der Waals surface area (Å²) in [5, 5.41) is 4.89. The Morgan fingerprint density at radius 1 is 1.57 bits per heavy atom. The number of amidine groups is 1. The lowest BCUT2D eigenvalue weighted by Crippen LogP contribution is -2.07. The van der Waals surface area contributed by atoms with Crippen molar-refractivity contribution in [3.8, 4) is 0 Å². The van der Waals surface area contributed by atoms with E-state index in [1.54, 1.807) is 18.0 Å². The van der Waals surface area contributed by atoms with Crippen molar-refractivity contribution < 1.29 is 0 Å². The highest BCUT2D eigenvalue weighted by molar-refractivity contribution is 8.15. The van der Waals surface area contributed by atoms with E-state index < -0.39 is 0 Å². The van der Waals surface area contributed by atoms with E-state index in [-0.39, 0.29) is 0 Å². The average molecular weight is 207 g/mol. The van der Waals surface area contributed by atoms with E-state index in [0.717, 1.165) is 23.1 Å². The first-order valence-electron chi connectivity index (χ1n) is 4.65. The monoisotopic (exact) mass is 207 g/mol. The Bertz CT molecular complexity index is 362. The SMILES string of the molecule is Cc1ncccc1NC1=NCC(C)S1. The number of hydrogen-bond donors (Lipinski definition) is 1. The smallest absolute Gasteiger partial charge is 0.161 e. The first-order valence-corrected chi connectivity index (χ1v) is 5.53. The molecule has 1 aliphatic heterocycles. The molecule has 14 heavy (non-hydrogen) atoms. The molecule has 1 N–H and O–H groups in total. The summed E-state index contributed by atoms with van der Waals surface area (Å²) in [6, 6.07) is 3.95. The Hall–Kier alpha value is -1.03. The van der Waals surface area contributed by atoms with Crippen LogP contribution in [0.4, 0.5) is 5.69 Å². The molecule has 1 aromatic rings. The van der Waals surface area contributed by atoms with Gasteiger partial charge in [0.25, 0.3) is 0 Å². The predicted molar refractivity (Wildman–Crippen MR) is 62.0 cm³/mol. The predicted octanol–water partition coefficient (Wildman–Crippen LogP) is 2.29. The summed E-state index contributed by atoms with van der Waals surface area (Å²) in [5.74, 6) is 0. The maximum atomic E-state index is 4.39. The van der Waals surface area contributed by atoms with Gasteiger partial charge in [0.05, 0.1) is 17.9 Å². The summed E-state index contributed by atoms with van der Waals surface area (Å²) in [7, 11) is 0. The van der Waals surface area contributed by atoms with E-state index in [9.17, 15) is 0 Å². The Labute approximate surface area is 88.0 Å². The molecule has 4 heteroatoms. The minimum Gasteiger partial charge on any atom is -0.333 e. The molecule has 1 unspecified atom stereocenters. The van der Waals surface area contributed by atoms with Gasteiger partial charge in [0, 0.05) is 11.4 Å². The number of anilines is 1. The maximum Gasteiger partial charge on any atom is 0.161 e. The number of hydrogen-bond acceptors (Lipinski definition) is 4. The third-order valence-corrected chi connectivity index (χ3v) is 3.06. The number of pyridine rings is 1. The van der Waals surface area contributed by atoms with Gasteiger partial charge in [-0.2, -0.15) is 0 Å². The van der Waals surface area contributed by atoms with Gasteiger partial charge in [-0.3, -0.25) is 9.98 Å². The largest absolute Gasteiger partial charge is 0.333 e. The molecule has 0 fully saturated rings. The second kappa shape index (κ2) is 4.00. The lowest BCUT2D eigenvalue weighted by atomic mass is 10.3. The molecule has 2 rings (SSSR count). The zero-order valence-electron chi connectivity index (χ0n) is 8.32. The first-order chi connectivity index (χ1) is 6.75. The molecule has 0 amide bonds. The van der Waals surface area contributed by atoms with Gasteiger partial charge in [-0.05, 0) is 19.1 Å². The summed E-state index contributed by atoms with van der Waals surface area (Å²) in [6.45, 7) is 5.08. The number of aliphatic imine (C=N–C) groups is 1. The summed E-state index contributed by atoms with van der Waals surface area (Å²) >= 11 is 1.78. The summed E-state index contributed by atoms with van der Waals surface area (Å²) in [4.78, 5) is 8.61. The highest BCUT2D eigenvalue weighted by Crippen LogP contribution is 2.22. The van der Waals surface area contributed by atoms with Gasteiger partial charge in [0.2, 0.25) is 0 Å². The Morgan fingerprint density at radius 3 is 3.07 bits per heavy atom. The van der Waals surface area contributed by atoms with Crippen LogP contribution in [0.15, 0.2) is 23.3 Å². The molecule has 2 heterocycles. The topological polar surface area (TPSA) is 37.3 Å². The van der Waals surface area contributed by atoms with Gasteiger partial charge in [-0.1, -0.05) is 18.7 Å². The molecule has 0 saturated carbocycles. The van der Waals surface area contributed by atoms with Gasteiger partial charge in [0.1, 0.15) is 0 Å². The standard InChI is InChI=1S/C10H13N3S/c1-7-6-12-10(14-7)13-9-4-3-5-11-8(9)2/h3-5,7H,6H2,1-2H3,(H,12,13). The highest BCUT2D eigenvalue weighted by atomic mass is 32.2. The second-order valence-electron chi connectivity index (χ2n) is 3.34. The number of nitrogens with zero attached hydrogens (tertiary/aromatic N) is 2. The Kier molecular flexibility index (Phi) is 2.72. The lowest BCUT2D eigenvalue weighted by Gasteiger charge is -2.07. The zero-order valence-corrected chi connectivity index (χ0v) is 9.14. The van der Waals surface area contributed by atoms with Crippen LogP contribution in [0, 0.1) is 6.92 Å². The third-order valence-electron chi connectivity index (χ3n) is 2.05. The van der Waals surface area contributed by atoms with Crippen LogP contribution in [0.2, 0.25) is 0 Å². The van der Waals surface area contributed by atoms with Crippen molar-refractivity contribution in [1.29, 1.82) is 0 Å². The van der Waals surface area contributed by atoms with Crippen molar-refractivity contribution in [1.82, 2.24) is 4.98 Å². The molecule has 1 aromatic heterocycles. The fourth-order valence-corrected chi connectivity index (χ4v) is 2.13. The molecule has 1 aliphatic rings. The molecule has 0 bridgehead atoms.